The molecule has 2 aromatic rings. The molecule has 0 aromatic heterocycles. The van der Waals surface area contributed by atoms with E-state index in [4.69, 9.17) is 4.74 Å². The van der Waals surface area contributed by atoms with Crippen LogP contribution in [0.4, 0.5) is 5.69 Å². The van der Waals surface area contributed by atoms with Gasteiger partial charge in [0.25, 0.3) is 11.6 Å². The zero-order valence-electron chi connectivity index (χ0n) is 13.7. The van der Waals surface area contributed by atoms with Gasteiger partial charge in [-0.05, 0) is 42.3 Å². The van der Waals surface area contributed by atoms with Crippen LogP contribution in [0.2, 0.25) is 0 Å². The molecule has 0 fully saturated rings. The monoisotopic (exact) mass is 340 g/mol. The summed E-state index contributed by atoms with van der Waals surface area (Å²) in [5.41, 5.74) is 1.29. The van der Waals surface area contributed by atoms with Gasteiger partial charge in [0, 0.05) is 17.7 Å². The van der Waals surface area contributed by atoms with E-state index in [0.717, 1.165) is 0 Å². The quantitative estimate of drug-likeness (QED) is 0.390. The third kappa shape index (κ3) is 4.29. The smallest absolute Gasteiger partial charge is 0.354 e. The highest BCUT2D eigenvalue weighted by Gasteiger charge is 2.19. The number of ether oxygens (including phenoxy) is 1. The van der Waals surface area contributed by atoms with Crippen LogP contribution >= 0.6 is 0 Å². The van der Waals surface area contributed by atoms with Gasteiger partial charge >= 0.3 is 5.97 Å². The molecule has 0 unspecified atom stereocenters. The van der Waals surface area contributed by atoms with Crippen LogP contribution in [0.1, 0.15) is 22.8 Å². The minimum atomic E-state index is -0.708. The largest absolute Gasteiger partial charge is 0.464 e. The Kier molecular flexibility index (Phi) is 5.62. The van der Waals surface area contributed by atoms with E-state index in [0.29, 0.717) is 16.7 Å². The van der Waals surface area contributed by atoms with Crippen molar-refractivity contribution in [3.05, 3.63) is 81.5 Å². The van der Waals surface area contributed by atoms with Gasteiger partial charge in [-0.25, -0.2) is 4.79 Å². The molecule has 2 aromatic carbocycles. The predicted molar refractivity (Wildman–Crippen MR) is 91.6 cm³/mol. The molecule has 7 heteroatoms. The topological polar surface area (TPSA) is 98.5 Å². The Hall–Kier alpha value is -3.48. The normalized spacial score (nSPS) is 11.3. The van der Waals surface area contributed by atoms with Crippen molar-refractivity contribution in [1.29, 1.82) is 0 Å². The molecule has 0 atom stereocenters. The van der Waals surface area contributed by atoms with E-state index in [9.17, 15) is 19.7 Å². The van der Waals surface area contributed by atoms with Crippen molar-refractivity contribution in [3.63, 3.8) is 0 Å². The highest BCUT2D eigenvalue weighted by Crippen LogP contribution is 2.21. The van der Waals surface area contributed by atoms with Gasteiger partial charge in [0.15, 0.2) is 0 Å². The summed E-state index contributed by atoms with van der Waals surface area (Å²) in [6, 6.07) is 14.1. The van der Waals surface area contributed by atoms with E-state index in [2.05, 4.69) is 5.32 Å². The molecule has 0 saturated carbocycles. The lowest BCUT2D eigenvalue weighted by molar-refractivity contribution is -0.384. The third-order valence-electron chi connectivity index (χ3n) is 3.55. The summed E-state index contributed by atoms with van der Waals surface area (Å²) in [5, 5.41) is 13.3. The summed E-state index contributed by atoms with van der Waals surface area (Å²) in [7, 11) is 1.21. The van der Waals surface area contributed by atoms with Gasteiger partial charge in [-0.3, -0.25) is 14.9 Å². The zero-order chi connectivity index (χ0) is 18.4. The summed E-state index contributed by atoms with van der Waals surface area (Å²) < 4.78 is 4.73. The number of benzene rings is 2. The number of non-ortho nitro benzene ring substituents is 1. The highest BCUT2D eigenvalue weighted by molar-refractivity contribution is 6.05. The van der Waals surface area contributed by atoms with E-state index >= 15 is 0 Å². The molecular weight excluding hydrogens is 324 g/mol. The molecule has 7 nitrogen and oxygen atoms in total. The molecule has 128 valence electrons. The lowest BCUT2D eigenvalue weighted by Crippen LogP contribution is -2.29. The Labute approximate surface area is 144 Å². The zero-order valence-corrected chi connectivity index (χ0v) is 13.7. The molecule has 0 aliphatic carbocycles. The first kappa shape index (κ1) is 17.9. The SMILES string of the molecule is COC(=O)/C(NC(=O)c1ccccc1)=C(/C)c1ccc([N+](=O)[O-])cc1. The van der Waals surface area contributed by atoms with Gasteiger partial charge in [0.05, 0.1) is 12.0 Å². The maximum absolute atomic E-state index is 12.3. The van der Waals surface area contributed by atoms with Crippen LogP contribution < -0.4 is 5.32 Å². The van der Waals surface area contributed by atoms with Gasteiger partial charge in [0.2, 0.25) is 0 Å². The van der Waals surface area contributed by atoms with Crippen LogP contribution in [0.3, 0.4) is 0 Å². The number of nitro groups is 1. The van der Waals surface area contributed by atoms with Crippen LogP contribution in [0.25, 0.3) is 5.57 Å². The molecule has 0 spiro atoms. The van der Waals surface area contributed by atoms with E-state index in [-0.39, 0.29) is 11.4 Å². The van der Waals surface area contributed by atoms with E-state index in [1.807, 2.05) is 0 Å². The standard InChI is InChI=1S/C18H16N2O5/c1-12(13-8-10-15(11-9-13)20(23)24)16(18(22)25-2)19-17(21)14-6-4-3-5-7-14/h3-11H,1-2H3,(H,19,21)/b16-12+. The van der Waals surface area contributed by atoms with Crippen LogP contribution in [0.5, 0.6) is 0 Å². The second-order valence-electron chi connectivity index (χ2n) is 5.12. The number of rotatable bonds is 5. The van der Waals surface area contributed by atoms with E-state index < -0.39 is 16.8 Å². The second kappa shape index (κ2) is 7.87. The molecule has 0 radical (unpaired) electrons. The van der Waals surface area contributed by atoms with E-state index in [1.54, 1.807) is 37.3 Å². The first-order chi connectivity index (χ1) is 11.9. The maximum Gasteiger partial charge on any atom is 0.354 e. The molecule has 2 rings (SSSR count). The van der Waals surface area contributed by atoms with Crippen molar-refractivity contribution in [3.8, 4) is 0 Å². The average Bonchev–Trinajstić information content (AvgIpc) is 2.65. The van der Waals surface area contributed by atoms with Gasteiger partial charge in [-0.1, -0.05) is 18.2 Å². The summed E-state index contributed by atoms with van der Waals surface area (Å²) in [4.78, 5) is 34.6. The molecule has 0 bridgehead atoms. The number of allylic oxidation sites excluding steroid dienone is 1. The molecule has 25 heavy (non-hydrogen) atoms. The lowest BCUT2D eigenvalue weighted by Gasteiger charge is -2.12. The molecule has 1 amide bonds. The fraction of sp³-hybridized carbons (Fsp3) is 0.111. The second-order valence-corrected chi connectivity index (χ2v) is 5.12. The summed E-state index contributed by atoms with van der Waals surface area (Å²) in [6.45, 7) is 1.62. The van der Waals surface area contributed by atoms with Crippen molar-refractivity contribution in [2.24, 2.45) is 0 Å². The number of methoxy groups -OCH3 is 1. The lowest BCUT2D eigenvalue weighted by atomic mass is 10.0. The Morgan fingerprint density at radius 3 is 2.12 bits per heavy atom. The summed E-state index contributed by atoms with van der Waals surface area (Å²) in [5.74, 6) is -1.16. The molecule has 0 aliphatic rings. The third-order valence-corrected chi connectivity index (χ3v) is 3.55. The average molecular weight is 340 g/mol. The van der Waals surface area contributed by atoms with Gasteiger partial charge in [-0.15, -0.1) is 0 Å². The first-order valence-corrected chi connectivity index (χ1v) is 7.34. The fourth-order valence-corrected chi connectivity index (χ4v) is 2.15. The number of hydrogen-bond donors (Lipinski definition) is 1. The maximum atomic E-state index is 12.3. The van der Waals surface area contributed by atoms with Gasteiger partial charge in [-0.2, -0.15) is 0 Å². The molecule has 0 saturated heterocycles. The fourth-order valence-electron chi connectivity index (χ4n) is 2.15. The predicted octanol–water partition coefficient (Wildman–Crippen LogP) is 2.93. The number of nitrogens with one attached hydrogen (secondary N) is 1. The number of carbonyl (C=O) groups excluding carboxylic acids is 2. The minimum Gasteiger partial charge on any atom is -0.464 e. The van der Waals surface area contributed by atoms with Crippen LogP contribution in [-0.2, 0) is 9.53 Å². The Morgan fingerprint density at radius 1 is 1.00 bits per heavy atom. The van der Waals surface area contributed by atoms with E-state index in [1.165, 1.54) is 31.4 Å². The Balaban J connectivity index is 2.37. The molecule has 0 aliphatic heterocycles. The summed E-state index contributed by atoms with van der Waals surface area (Å²) >= 11 is 0. The van der Waals surface area contributed by atoms with Gasteiger partial charge in [0.1, 0.15) is 5.70 Å². The molecule has 1 N–H and O–H groups in total. The van der Waals surface area contributed by atoms with Crippen molar-refractivity contribution in [2.45, 2.75) is 6.92 Å². The Morgan fingerprint density at radius 2 is 1.60 bits per heavy atom. The Bertz CT molecular complexity index is 826. The highest BCUT2D eigenvalue weighted by atomic mass is 16.6. The number of esters is 1. The van der Waals surface area contributed by atoms with Crippen molar-refractivity contribution in [1.82, 2.24) is 5.32 Å². The van der Waals surface area contributed by atoms with Crippen LogP contribution in [0.15, 0.2) is 60.3 Å². The van der Waals surface area contributed by atoms with Crippen molar-refractivity contribution >= 4 is 23.1 Å². The van der Waals surface area contributed by atoms with Crippen LogP contribution in [-0.4, -0.2) is 23.9 Å². The number of nitrogens with zero attached hydrogens (tertiary/aromatic N) is 1. The van der Waals surface area contributed by atoms with Crippen molar-refractivity contribution < 1.29 is 19.2 Å². The molecular formula is C18H16N2O5. The molecule has 0 heterocycles. The number of amides is 1. The number of carbonyl (C=O) groups is 2. The van der Waals surface area contributed by atoms with Crippen LogP contribution in [0, 0.1) is 10.1 Å². The summed E-state index contributed by atoms with van der Waals surface area (Å²) in [6.07, 6.45) is 0. The first-order valence-electron chi connectivity index (χ1n) is 7.34. The number of hydrogen-bond acceptors (Lipinski definition) is 5. The van der Waals surface area contributed by atoms with Gasteiger partial charge < -0.3 is 10.1 Å². The van der Waals surface area contributed by atoms with Crippen molar-refractivity contribution in [2.75, 3.05) is 7.11 Å². The minimum absolute atomic E-state index is 0.0230. The number of nitro benzene ring substituents is 1.